The van der Waals surface area contributed by atoms with Crippen LogP contribution in [0.15, 0.2) is 52.9 Å². The fourth-order valence-corrected chi connectivity index (χ4v) is 2.99. The largest absolute Gasteiger partial charge is 0.497 e. The van der Waals surface area contributed by atoms with Gasteiger partial charge in [0.1, 0.15) is 11.5 Å². The zero-order valence-corrected chi connectivity index (χ0v) is 15.5. The molecule has 0 aliphatic carbocycles. The molecule has 0 amide bonds. The lowest BCUT2D eigenvalue weighted by Gasteiger charge is -2.08. The van der Waals surface area contributed by atoms with Crippen molar-refractivity contribution < 1.29 is 19.4 Å². The number of hydrogen-bond acceptors (Lipinski definition) is 7. The van der Waals surface area contributed by atoms with Gasteiger partial charge < -0.3 is 14.6 Å². The van der Waals surface area contributed by atoms with E-state index in [1.807, 2.05) is 17.5 Å². The molecular weight excluding hydrogens is 366 g/mol. The summed E-state index contributed by atoms with van der Waals surface area (Å²) < 4.78 is 10.6. The number of aromatic nitrogens is 1. The number of rotatable bonds is 7. The van der Waals surface area contributed by atoms with Gasteiger partial charge in [0.25, 0.3) is 0 Å². The number of anilines is 1. The van der Waals surface area contributed by atoms with Crippen LogP contribution in [0.25, 0.3) is 11.3 Å². The number of carbonyl (C=O) groups is 1. The first-order chi connectivity index (χ1) is 13.1. The SMILES string of the molecule is COc1ccc(-c2csc(N/N=C\c3ccc(C(=O)O)cc3)n2)c(OC)c1. The van der Waals surface area contributed by atoms with E-state index in [2.05, 4.69) is 15.5 Å². The highest BCUT2D eigenvalue weighted by Gasteiger charge is 2.11. The number of carboxylic acids is 1. The van der Waals surface area contributed by atoms with Crippen molar-refractivity contribution >= 4 is 28.7 Å². The number of nitrogens with zero attached hydrogens (tertiary/aromatic N) is 2. The Bertz CT molecular complexity index is 967. The van der Waals surface area contributed by atoms with E-state index in [4.69, 9.17) is 14.6 Å². The van der Waals surface area contributed by atoms with Gasteiger partial charge in [0.2, 0.25) is 5.13 Å². The van der Waals surface area contributed by atoms with Crippen LogP contribution in [0.1, 0.15) is 15.9 Å². The lowest BCUT2D eigenvalue weighted by atomic mass is 10.1. The number of ether oxygens (including phenoxy) is 2. The van der Waals surface area contributed by atoms with Gasteiger partial charge in [-0.05, 0) is 29.8 Å². The number of benzene rings is 2. The third-order valence-electron chi connectivity index (χ3n) is 3.72. The molecule has 138 valence electrons. The van der Waals surface area contributed by atoms with E-state index in [0.717, 1.165) is 16.8 Å². The third-order valence-corrected chi connectivity index (χ3v) is 4.47. The second-order valence-corrected chi connectivity index (χ2v) is 6.26. The van der Waals surface area contributed by atoms with E-state index < -0.39 is 5.97 Å². The minimum atomic E-state index is -0.958. The summed E-state index contributed by atoms with van der Waals surface area (Å²) in [5, 5.41) is 15.6. The van der Waals surface area contributed by atoms with Gasteiger partial charge >= 0.3 is 5.97 Å². The molecule has 0 atom stereocenters. The normalized spacial score (nSPS) is 10.7. The van der Waals surface area contributed by atoms with Crippen molar-refractivity contribution in [3.63, 3.8) is 0 Å². The van der Waals surface area contributed by atoms with Crippen LogP contribution in [0.3, 0.4) is 0 Å². The molecule has 2 N–H and O–H groups in total. The summed E-state index contributed by atoms with van der Waals surface area (Å²) in [6, 6.07) is 12.0. The molecule has 0 spiro atoms. The maximum Gasteiger partial charge on any atom is 0.335 e. The molecule has 3 rings (SSSR count). The summed E-state index contributed by atoms with van der Waals surface area (Å²) in [5.41, 5.74) is 5.51. The molecule has 0 unspecified atom stereocenters. The monoisotopic (exact) mass is 383 g/mol. The minimum absolute atomic E-state index is 0.234. The predicted molar refractivity (Wildman–Crippen MR) is 105 cm³/mol. The summed E-state index contributed by atoms with van der Waals surface area (Å²) in [7, 11) is 3.20. The smallest absolute Gasteiger partial charge is 0.335 e. The molecule has 27 heavy (non-hydrogen) atoms. The van der Waals surface area contributed by atoms with E-state index in [1.54, 1.807) is 38.6 Å². The Morgan fingerprint density at radius 1 is 1.19 bits per heavy atom. The molecule has 2 aromatic carbocycles. The fraction of sp³-hybridized carbons (Fsp3) is 0.105. The van der Waals surface area contributed by atoms with Crippen LogP contribution >= 0.6 is 11.3 Å². The maximum atomic E-state index is 10.8. The Kier molecular flexibility index (Phi) is 5.68. The van der Waals surface area contributed by atoms with Gasteiger partial charge in [-0.1, -0.05) is 12.1 Å². The number of aromatic carboxylic acids is 1. The number of hydrazone groups is 1. The van der Waals surface area contributed by atoms with Crippen LogP contribution in [0.2, 0.25) is 0 Å². The number of hydrogen-bond donors (Lipinski definition) is 2. The molecule has 1 aromatic heterocycles. The van der Waals surface area contributed by atoms with Gasteiger partial charge in [-0.2, -0.15) is 5.10 Å². The van der Waals surface area contributed by atoms with Crippen LogP contribution < -0.4 is 14.9 Å². The summed E-state index contributed by atoms with van der Waals surface area (Å²) in [4.78, 5) is 15.4. The van der Waals surface area contributed by atoms with Gasteiger partial charge in [0, 0.05) is 17.0 Å². The van der Waals surface area contributed by atoms with Crippen molar-refractivity contribution in [1.82, 2.24) is 4.98 Å². The first kappa shape index (κ1) is 18.4. The molecular formula is C19H17N3O4S. The molecule has 0 bridgehead atoms. The Labute approximate surface area is 159 Å². The van der Waals surface area contributed by atoms with Crippen LogP contribution in [-0.4, -0.2) is 36.5 Å². The summed E-state index contributed by atoms with van der Waals surface area (Å²) in [5.74, 6) is 0.428. The highest BCUT2D eigenvalue weighted by atomic mass is 32.1. The molecule has 0 radical (unpaired) electrons. The first-order valence-corrected chi connectivity index (χ1v) is 8.79. The summed E-state index contributed by atoms with van der Waals surface area (Å²) in [6.07, 6.45) is 1.60. The van der Waals surface area contributed by atoms with Gasteiger partial charge in [-0.25, -0.2) is 9.78 Å². The van der Waals surface area contributed by atoms with E-state index in [-0.39, 0.29) is 5.56 Å². The summed E-state index contributed by atoms with van der Waals surface area (Å²) >= 11 is 1.41. The molecule has 8 heteroatoms. The number of nitrogens with one attached hydrogen (secondary N) is 1. The number of methoxy groups -OCH3 is 2. The van der Waals surface area contributed by atoms with Gasteiger partial charge in [-0.3, -0.25) is 5.43 Å². The zero-order valence-electron chi connectivity index (χ0n) is 14.7. The van der Waals surface area contributed by atoms with E-state index in [1.165, 1.54) is 23.5 Å². The molecule has 1 heterocycles. The lowest BCUT2D eigenvalue weighted by molar-refractivity contribution is 0.0697. The highest BCUT2D eigenvalue weighted by molar-refractivity contribution is 7.14. The standard InChI is InChI=1S/C19H17N3O4S/c1-25-14-7-8-15(17(9-14)26-2)16-11-27-19(21-16)22-20-10-12-3-5-13(6-4-12)18(23)24/h3-11H,1-2H3,(H,21,22)(H,23,24)/b20-10-. The lowest BCUT2D eigenvalue weighted by Crippen LogP contribution is -1.96. The average molecular weight is 383 g/mol. The Morgan fingerprint density at radius 2 is 1.96 bits per heavy atom. The average Bonchev–Trinajstić information content (AvgIpc) is 3.16. The molecule has 0 aliphatic rings. The molecule has 3 aromatic rings. The van der Waals surface area contributed by atoms with Gasteiger partial charge in [0.15, 0.2) is 0 Å². The Balaban J connectivity index is 1.70. The topological polar surface area (TPSA) is 93.0 Å². The van der Waals surface area contributed by atoms with Gasteiger partial charge in [0.05, 0.1) is 31.7 Å². The quantitative estimate of drug-likeness (QED) is 0.474. The third kappa shape index (κ3) is 4.42. The van der Waals surface area contributed by atoms with Crippen molar-refractivity contribution in [3.8, 4) is 22.8 Å². The second kappa shape index (κ2) is 8.33. The molecule has 0 fully saturated rings. The fourth-order valence-electron chi connectivity index (χ4n) is 2.33. The number of thiazole rings is 1. The molecule has 0 aliphatic heterocycles. The van der Waals surface area contributed by atoms with Crippen molar-refractivity contribution in [2.24, 2.45) is 5.10 Å². The van der Waals surface area contributed by atoms with Crippen molar-refractivity contribution in [2.45, 2.75) is 0 Å². The summed E-state index contributed by atoms with van der Waals surface area (Å²) in [6.45, 7) is 0. The van der Waals surface area contributed by atoms with Gasteiger partial charge in [-0.15, -0.1) is 11.3 Å². The maximum absolute atomic E-state index is 10.8. The van der Waals surface area contributed by atoms with E-state index >= 15 is 0 Å². The van der Waals surface area contributed by atoms with E-state index in [9.17, 15) is 4.79 Å². The molecule has 0 saturated heterocycles. The van der Waals surface area contributed by atoms with Crippen LogP contribution in [0.4, 0.5) is 5.13 Å². The van der Waals surface area contributed by atoms with Crippen LogP contribution in [0.5, 0.6) is 11.5 Å². The van der Waals surface area contributed by atoms with Crippen molar-refractivity contribution in [2.75, 3.05) is 19.6 Å². The molecule has 0 saturated carbocycles. The van der Waals surface area contributed by atoms with Crippen molar-refractivity contribution in [1.29, 1.82) is 0 Å². The number of carboxylic acid groups (broad SMARTS) is 1. The first-order valence-electron chi connectivity index (χ1n) is 7.91. The van der Waals surface area contributed by atoms with Crippen molar-refractivity contribution in [3.05, 3.63) is 59.0 Å². The second-order valence-electron chi connectivity index (χ2n) is 5.40. The Morgan fingerprint density at radius 3 is 2.63 bits per heavy atom. The predicted octanol–water partition coefficient (Wildman–Crippen LogP) is 3.97. The van der Waals surface area contributed by atoms with Crippen LogP contribution in [0, 0.1) is 0 Å². The molecule has 7 nitrogen and oxygen atoms in total. The van der Waals surface area contributed by atoms with Crippen LogP contribution in [-0.2, 0) is 0 Å². The minimum Gasteiger partial charge on any atom is -0.497 e. The van der Waals surface area contributed by atoms with E-state index in [0.29, 0.717) is 16.6 Å². The zero-order chi connectivity index (χ0) is 19.2. The highest BCUT2D eigenvalue weighted by Crippen LogP contribution is 2.34. The Hall–Kier alpha value is -3.39.